The quantitative estimate of drug-likeness (QED) is 0.765. The molecule has 0 aliphatic heterocycles. The van der Waals surface area contributed by atoms with Crippen LogP contribution in [0.5, 0.6) is 0 Å². The molecule has 1 atom stereocenters. The molecule has 2 heteroatoms. The second-order valence-corrected chi connectivity index (χ2v) is 4.79. The summed E-state index contributed by atoms with van der Waals surface area (Å²) >= 11 is 0. The summed E-state index contributed by atoms with van der Waals surface area (Å²) in [4.78, 5) is 0. The molecule has 1 unspecified atom stereocenters. The van der Waals surface area contributed by atoms with E-state index in [1.807, 2.05) is 0 Å². The van der Waals surface area contributed by atoms with Gasteiger partial charge < -0.3 is 5.11 Å². The summed E-state index contributed by atoms with van der Waals surface area (Å²) in [6, 6.07) is 4.86. The average molecular weight is 234 g/mol. The molecule has 0 amide bonds. The molecular weight excluding hydrogens is 215 g/mol. The number of aliphatic hydroxyl groups excluding tert-OH is 1. The van der Waals surface area contributed by atoms with Crippen molar-refractivity contribution < 1.29 is 9.50 Å². The number of aliphatic hydroxyl groups is 1. The lowest BCUT2D eigenvalue weighted by Gasteiger charge is -2.15. The number of rotatable bonds is 2. The van der Waals surface area contributed by atoms with Crippen molar-refractivity contribution in [2.24, 2.45) is 0 Å². The van der Waals surface area contributed by atoms with E-state index >= 15 is 0 Å². The van der Waals surface area contributed by atoms with Gasteiger partial charge in [-0.25, -0.2) is 4.39 Å². The molecule has 0 heterocycles. The minimum absolute atomic E-state index is 0.212. The van der Waals surface area contributed by atoms with Gasteiger partial charge in [0.2, 0.25) is 0 Å². The molecule has 0 aromatic heterocycles. The van der Waals surface area contributed by atoms with E-state index in [9.17, 15) is 9.50 Å². The Morgan fingerprint density at radius 3 is 2.82 bits per heavy atom. The van der Waals surface area contributed by atoms with Crippen molar-refractivity contribution in [2.45, 2.75) is 45.1 Å². The molecule has 0 radical (unpaired) electrons. The molecule has 1 aliphatic carbocycles. The Bertz CT molecular complexity index is 423. The average Bonchev–Trinajstić information content (AvgIpc) is 2.60. The molecule has 0 fully saturated rings. The van der Waals surface area contributed by atoms with Gasteiger partial charge in [0.05, 0.1) is 0 Å². The van der Waals surface area contributed by atoms with Crippen molar-refractivity contribution in [1.82, 2.24) is 0 Å². The highest BCUT2D eigenvalue weighted by atomic mass is 19.1. The molecule has 17 heavy (non-hydrogen) atoms. The summed E-state index contributed by atoms with van der Waals surface area (Å²) in [6.45, 7) is 1.73. The number of allylic oxidation sites excluding steroid dienone is 1. The highest BCUT2D eigenvalue weighted by molar-refractivity contribution is 5.30. The van der Waals surface area contributed by atoms with Crippen LogP contribution < -0.4 is 0 Å². The first kappa shape index (κ1) is 12.3. The third-order valence-corrected chi connectivity index (χ3v) is 3.43. The number of halogens is 1. The molecule has 1 nitrogen and oxygen atoms in total. The molecule has 1 aliphatic rings. The fourth-order valence-corrected chi connectivity index (χ4v) is 2.34. The van der Waals surface area contributed by atoms with Gasteiger partial charge in [-0.2, -0.15) is 0 Å². The molecule has 0 bridgehead atoms. The van der Waals surface area contributed by atoms with E-state index in [1.165, 1.54) is 18.9 Å². The lowest BCUT2D eigenvalue weighted by Crippen LogP contribution is -2.02. The van der Waals surface area contributed by atoms with Crippen LogP contribution in [0.4, 0.5) is 4.39 Å². The zero-order valence-corrected chi connectivity index (χ0v) is 10.2. The van der Waals surface area contributed by atoms with Gasteiger partial charge >= 0.3 is 0 Å². The van der Waals surface area contributed by atoms with Gasteiger partial charge in [-0.3, -0.25) is 0 Å². The second-order valence-electron chi connectivity index (χ2n) is 4.79. The Labute approximate surface area is 102 Å². The first-order valence-corrected chi connectivity index (χ1v) is 6.31. The van der Waals surface area contributed by atoms with E-state index in [0.29, 0.717) is 5.56 Å². The fourth-order valence-electron chi connectivity index (χ4n) is 2.34. The first-order chi connectivity index (χ1) is 8.18. The molecule has 2 rings (SSSR count). The van der Waals surface area contributed by atoms with Crippen LogP contribution in [0.2, 0.25) is 0 Å². The van der Waals surface area contributed by atoms with E-state index in [2.05, 4.69) is 6.08 Å². The van der Waals surface area contributed by atoms with Gasteiger partial charge in [0.15, 0.2) is 0 Å². The van der Waals surface area contributed by atoms with Crippen LogP contribution in [0.3, 0.4) is 0 Å². The van der Waals surface area contributed by atoms with Crippen LogP contribution in [-0.2, 0) is 0 Å². The van der Waals surface area contributed by atoms with Crippen molar-refractivity contribution >= 4 is 0 Å². The predicted molar refractivity (Wildman–Crippen MR) is 67.3 cm³/mol. The summed E-state index contributed by atoms with van der Waals surface area (Å²) in [7, 11) is 0. The van der Waals surface area contributed by atoms with Crippen molar-refractivity contribution in [3.63, 3.8) is 0 Å². The Morgan fingerprint density at radius 1 is 1.24 bits per heavy atom. The number of aryl methyl sites for hydroxylation is 1. The Morgan fingerprint density at radius 2 is 2.06 bits per heavy atom. The largest absolute Gasteiger partial charge is 0.384 e. The smallest absolute Gasteiger partial charge is 0.126 e. The predicted octanol–water partition coefficient (Wildman–Crippen LogP) is 4.06. The number of hydrogen-bond acceptors (Lipinski definition) is 1. The van der Waals surface area contributed by atoms with E-state index in [0.717, 1.165) is 30.4 Å². The Hall–Kier alpha value is -1.15. The van der Waals surface area contributed by atoms with Crippen LogP contribution in [0.15, 0.2) is 29.8 Å². The molecule has 92 valence electrons. The number of benzene rings is 1. The topological polar surface area (TPSA) is 20.2 Å². The third-order valence-electron chi connectivity index (χ3n) is 3.43. The molecule has 1 N–H and O–H groups in total. The maximum atomic E-state index is 13.2. The summed E-state index contributed by atoms with van der Waals surface area (Å²) in [5, 5.41) is 10.3. The van der Waals surface area contributed by atoms with Crippen LogP contribution in [0.25, 0.3) is 0 Å². The second kappa shape index (κ2) is 5.46. The highest BCUT2D eigenvalue weighted by Crippen LogP contribution is 2.29. The lowest BCUT2D eigenvalue weighted by molar-refractivity contribution is 0.210. The summed E-state index contributed by atoms with van der Waals surface area (Å²) in [6.07, 6.45) is 7.17. The molecule has 0 spiro atoms. The molecule has 0 saturated heterocycles. The van der Waals surface area contributed by atoms with Crippen LogP contribution >= 0.6 is 0 Å². The normalized spacial score (nSPS) is 18.4. The Balaban J connectivity index is 2.20. The summed E-state index contributed by atoms with van der Waals surface area (Å²) in [5.41, 5.74) is 2.49. The lowest BCUT2D eigenvalue weighted by atomic mass is 9.96. The van der Waals surface area contributed by atoms with Gasteiger partial charge in [0, 0.05) is 0 Å². The zero-order valence-electron chi connectivity index (χ0n) is 10.2. The minimum atomic E-state index is -0.563. The monoisotopic (exact) mass is 234 g/mol. The van der Waals surface area contributed by atoms with Gasteiger partial charge in [0.1, 0.15) is 11.9 Å². The maximum Gasteiger partial charge on any atom is 0.126 e. The van der Waals surface area contributed by atoms with Crippen molar-refractivity contribution in [3.8, 4) is 0 Å². The SMILES string of the molecule is Cc1cc(C(O)C2=CCCCCC2)ccc1F. The molecule has 0 saturated carbocycles. The molecular formula is C15H19FO. The van der Waals surface area contributed by atoms with Gasteiger partial charge in [-0.15, -0.1) is 0 Å². The first-order valence-electron chi connectivity index (χ1n) is 6.31. The maximum absolute atomic E-state index is 13.2. The van der Waals surface area contributed by atoms with E-state index in [4.69, 9.17) is 0 Å². The summed E-state index contributed by atoms with van der Waals surface area (Å²) < 4.78 is 13.2. The number of hydrogen-bond donors (Lipinski definition) is 1. The van der Waals surface area contributed by atoms with Crippen LogP contribution in [0.1, 0.15) is 49.3 Å². The van der Waals surface area contributed by atoms with Crippen LogP contribution in [0, 0.1) is 12.7 Å². The van der Waals surface area contributed by atoms with Gasteiger partial charge in [0.25, 0.3) is 0 Å². The van der Waals surface area contributed by atoms with E-state index in [1.54, 1.807) is 19.1 Å². The van der Waals surface area contributed by atoms with Gasteiger partial charge in [-0.05, 0) is 55.4 Å². The van der Waals surface area contributed by atoms with E-state index in [-0.39, 0.29) is 5.82 Å². The van der Waals surface area contributed by atoms with Crippen molar-refractivity contribution in [3.05, 3.63) is 46.8 Å². The Kier molecular flexibility index (Phi) is 3.95. The summed E-state index contributed by atoms with van der Waals surface area (Å²) in [5.74, 6) is -0.212. The highest BCUT2D eigenvalue weighted by Gasteiger charge is 2.15. The van der Waals surface area contributed by atoms with Crippen molar-refractivity contribution in [2.75, 3.05) is 0 Å². The fraction of sp³-hybridized carbons (Fsp3) is 0.467. The molecule has 1 aromatic carbocycles. The van der Waals surface area contributed by atoms with Crippen LogP contribution in [-0.4, -0.2) is 5.11 Å². The zero-order chi connectivity index (χ0) is 12.3. The van der Waals surface area contributed by atoms with Crippen molar-refractivity contribution in [1.29, 1.82) is 0 Å². The third kappa shape index (κ3) is 2.95. The minimum Gasteiger partial charge on any atom is -0.384 e. The van der Waals surface area contributed by atoms with E-state index < -0.39 is 6.10 Å². The van der Waals surface area contributed by atoms with Gasteiger partial charge in [-0.1, -0.05) is 24.6 Å². The molecule has 1 aromatic rings. The standard InChI is InChI=1S/C15H19FO/c1-11-10-13(8-9-14(11)16)15(17)12-6-4-2-3-5-7-12/h6,8-10,15,17H,2-5,7H2,1H3.